The zero-order valence-electron chi connectivity index (χ0n) is 13.1. The topological polar surface area (TPSA) is 58.2 Å². The van der Waals surface area contributed by atoms with Crippen LogP contribution in [-0.2, 0) is 9.59 Å². The molecular formula is C18H20N2O2. The maximum absolute atomic E-state index is 12.0. The molecule has 0 atom stereocenters. The smallest absolute Gasteiger partial charge is 0.233 e. The summed E-state index contributed by atoms with van der Waals surface area (Å²) in [5, 5.41) is 5.54. The fourth-order valence-corrected chi connectivity index (χ4v) is 2.13. The fourth-order valence-electron chi connectivity index (χ4n) is 2.13. The molecule has 114 valence electrons. The summed E-state index contributed by atoms with van der Waals surface area (Å²) in [6.45, 7) is 5.83. The minimum Gasteiger partial charge on any atom is -0.325 e. The van der Waals surface area contributed by atoms with E-state index in [1.807, 2.05) is 63.2 Å². The van der Waals surface area contributed by atoms with E-state index < -0.39 is 0 Å². The van der Waals surface area contributed by atoms with Crippen molar-refractivity contribution in [2.75, 3.05) is 10.6 Å². The number of amides is 2. The van der Waals surface area contributed by atoms with Crippen LogP contribution in [0.15, 0.2) is 42.5 Å². The molecule has 2 N–H and O–H groups in total. The third kappa shape index (κ3) is 3.95. The van der Waals surface area contributed by atoms with Crippen molar-refractivity contribution >= 4 is 23.2 Å². The number of aryl methyl sites for hydroxylation is 2. The Morgan fingerprint density at radius 2 is 1.32 bits per heavy atom. The lowest BCUT2D eigenvalue weighted by Crippen LogP contribution is -2.22. The molecule has 0 aliphatic rings. The van der Waals surface area contributed by atoms with Crippen LogP contribution in [0.4, 0.5) is 11.4 Å². The minimum absolute atomic E-state index is 0.207. The van der Waals surface area contributed by atoms with Gasteiger partial charge in [-0.1, -0.05) is 30.3 Å². The molecule has 0 unspecified atom stereocenters. The van der Waals surface area contributed by atoms with Gasteiger partial charge < -0.3 is 10.6 Å². The number of nitrogens with one attached hydrogen (secondary N) is 2. The summed E-state index contributed by atoms with van der Waals surface area (Å²) in [5.41, 5.74) is 4.55. The molecule has 4 nitrogen and oxygen atoms in total. The number of benzene rings is 2. The monoisotopic (exact) mass is 296 g/mol. The average Bonchev–Trinajstić information content (AvgIpc) is 2.46. The first kappa shape index (κ1) is 15.8. The molecular weight excluding hydrogens is 276 g/mol. The molecule has 0 saturated heterocycles. The summed E-state index contributed by atoms with van der Waals surface area (Å²) >= 11 is 0. The van der Waals surface area contributed by atoms with Crippen molar-refractivity contribution in [1.29, 1.82) is 0 Å². The van der Waals surface area contributed by atoms with Gasteiger partial charge in [0.1, 0.15) is 6.42 Å². The van der Waals surface area contributed by atoms with Gasteiger partial charge in [0.15, 0.2) is 0 Å². The highest BCUT2D eigenvalue weighted by Gasteiger charge is 2.12. The number of hydrogen-bond acceptors (Lipinski definition) is 2. The van der Waals surface area contributed by atoms with Crippen LogP contribution in [0.2, 0.25) is 0 Å². The summed E-state index contributed by atoms with van der Waals surface area (Å²) in [6, 6.07) is 13.2. The predicted molar refractivity (Wildman–Crippen MR) is 89.0 cm³/mol. The van der Waals surface area contributed by atoms with Crippen molar-refractivity contribution < 1.29 is 9.59 Å². The number of para-hydroxylation sites is 1. The first-order chi connectivity index (χ1) is 10.5. The van der Waals surface area contributed by atoms with Crippen molar-refractivity contribution in [3.05, 3.63) is 59.2 Å². The van der Waals surface area contributed by atoms with Gasteiger partial charge in [0, 0.05) is 11.4 Å². The molecule has 2 aromatic rings. The van der Waals surface area contributed by atoms with E-state index >= 15 is 0 Å². The van der Waals surface area contributed by atoms with Crippen LogP contribution in [-0.4, -0.2) is 11.8 Å². The van der Waals surface area contributed by atoms with Crippen LogP contribution in [0.5, 0.6) is 0 Å². The Bertz CT molecular complexity index is 708. The van der Waals surface area contributed by atoms with Crippen LogP contribution in [0.25, 0.3) is 0 Å². The Morgan fingerprint density at radius 1 is 0.773 bits per heavy atom. The highest BCUT2D eigenvalue weighted by molar-refractivity contribution is 6.08. The number of rotatable bonds is 4. The zero-order chi connectivity index (χ0) is 16.1. The van der Waals surface area contributed by atoms with Gasteiger partial charge in [0.2, 0.25) is 11.8 Å². The van der Waals surface area contributed by atoms with E-state index in [1.54, 1.807) is 0 Å². The minimum atomic E-state index is -0.322. The number of carbonyl (C=O) groups excluding carboxylic acids is 2. The number of anilines is 2. The van der Waals surface area contributed by atoms with Crippen molar-refractivity contribution in [1.82, 2.24) is 0 Å². The van der Waals surface area contributed by atoms with E-state index in [0.29, 0.717) is 0 Å². The molecule has 0 radical (unpaired) electrons. The molecule has 0 aliphatic heterocycles. The fraction of sp³-hybridized carbons (Fsp3) is 0.222. The van der Waals surface area contributed by atoms with E-state index in [-0.39, 0.29) is 18.2 Å². The van der Waals surface area contributed by atoms with Gasteiger partial charge >= 0.3 is 0 Å². The first-order valence-corrected chi connectivity index (χ1v) is 7.19. The molecule has 4 heteroatoms. The van der Waals surface area contributed by atoms with E-state index in [0.717, 1.165) is 28.1 Å². The van der Waals surface area contributed by atoms with E-state index in [4.69, 9.17) is 0 Å². The Balaban J connectivity index is 1.96. The summed E-state index contributed by atoms with van der Waals surface area (Å²) in [6.07, 6.45) is -0.207. The Morgan fingerprint density at radius 3 is 2.00 bits per heavy atom. The van der Waals surface area contributed by atoms with E-state index in [2.05, 4.69) is 10.6 Å². The SMILES string of the molecule is Cc1ccccc1NC(=O)CC(=O)Nc1cccc(C)c1C. The van der Waals surface area contributed by atoms with E-state index in [1.165, 1.54) is 0 Å². The molecule has 2 aromatic carbocycles. The molecule has 2 rings (SSSR count). The Kier molecular flexibility index (Phi) is 4.94. The highest BCUT2D eigenvalue weighted by atomic mass is 16.2. The van der Waals surface area contributed by atoms with Crippen molar-refractivity contribution in [2.45, 2.75) is 27.2 Å². The largest absolute Gasteiger partial charge is 0.325 e. The summed E-state index contributed by atoms with van der Waals surface area (Å²) in [4.78, 5) is 23.9. The Labute approximate surface area is 130 Å². The second kappa shape index (κ2) is 6.89. The molecule has 0 bridgehead atoms. The third-order valence-corrected chi connectivity index (χ3v) is 3.62. The summed E-state index contributed by atoms with van der Waals surface area (Å²) in [5.74, 6) is -0.642. The second-order valence-corrected chi connectivity index (χ2v) is 5.34. The quantitative estimate of drug-likeness (QED) is 0.847. The molecule has 0 aliphatic carbocycles. The predicted octanol–water partition coefficient (Wildman–Crippen LogP) is 3.58. The normalized spacial score (nSPS) is 10.1. The van der Waals surface area contributed by atoms with Crippen LogP contribution in [0.1, 0.15) is 23.1 Å². The molecule has 0 saturated carbocycles. The standard InChI is InChI=1S/C18H20N2O2/c1-12-8-6-10-16(14(12)3)20-18(22)11-17(21)19-15-9-5-4-7-13(15)2/h4-10H,11H2,1-3H3,(H,19,21)(H,20,22). The van der Waals surface area contributed by atoms with Gasteiger partial charge in [-0.05, 0) is 49.6 Å². The molecule has 0 heterocycles. The summed E-state index contributed by atoms with van der Waals surface area (Å²) < 4.78 is 0. The maximum Gasteiger partial charge on any atom is 0.233 e. The van der Waals surface area contributed by atoms with Gasteiger partial charge in [0.25, 0.3) is 0 Å². The van der Waals surface area contributed by atoms with Gasteiger partial charge in [-0.25, -0.2) is 0 Å². The zero-order valence-corrected chi connectivity index (χ0v) is 13.1. The Hall–Kier alpha value is -2.62. The van der Waals surface area contributed by atoms with Gasteiger partial charge in [0.05, 0.1) is 0 Å². The van der Waals surface area contributed by atoms with Crippen LogP contribution >= 0.6 is 0 Å². The second-order valence-electron chi connectivity index (χ2n) is 5.34. The molecule has 0 spiro atoms. The van der Waals surface area contributed by atoms with Crippen LogP contribution < -0.4 is 10.6 Å². The third-order valence-electron chi connectivity index (χ3n) is 3.62. The van der Waals surface area contributed by atoms with Crippen LogP contribution in [0, 0.1) is 20.8 Å². The van der Waals surface area contributed by atoms with E-state index in [9.17, 15) is 9.59 Å². The number of carbonyl (C=O) groups is 2. The lowest BCUT2D eigenvalue weighted by Gasteiger charge is -2.11. The highest BCUT2D eigenvalue weighted by Crippen LogP contribution is 2.18. The average molecular weight is 296 g/mol. The van der Waals surface area contributed by atoms with Crippen molar-refractivity contribution in [3.63, 3.8) is 0 Å². The van der Waals surface area contributed by atoms with Gasteiger partial charge in [-0.15, -0.1) is 0 Å². The van der Waals surface area contributed by atoms with Crippen molar-refractivity contribution in [3.8, 4) is 0 Å². The lowest BCUT2D eigenvalue weighted by molar-refractivity contribution is -0.123. The molecule has 0 fully saturated rings. The van der Waals surface area contributed by atoms with Gasteiger partial charge in [-0.3, -0.25) is 9.59 Å². The number of hydrogen-bond donors (Lipinski definition) is 2. The molecule has 2 amide bonds. The summed E-state index contributed by atoms with van der Waals surface area (Å²) in [7, 11) is 0. The molecule has 22 heavy (non-hydrogen) atoms. The maximum atomic E-state index is 12.0. The van der Waals surface area contributed by atoms with Crippen molar-refractivity contribution in [2.24, 2.45) is 0 Å². The lowest BCUT2D eigenvalue weighted by atomic mass is 10.1. The van der Waals surface area contributed by atoms with Gasteiger partial charge in [-0.2, -0.15) is 0 Å². The van der Waals surface area contributed by atoms with Crippen LogP contribution in [0.3, 0.4) is 0 Å². The first-order valence-electron chi connectivity index (χ1n) is 7.19. The molecule has 0 aromatic heterocycles.